The normalized spacial score (nSPS) is 28.9. The summed E-state index contributed by atoms with van der Waals surface area (Å²) in [5, 5.41) is 0. The van der Waals surface area contributed by atoms with Crippen molar-refractivity contribution >= 4 is 5.91 Å². The second-order valence-electron chi connectivity index (χ2n) is 2.49. The zero-order chi connectivity index (χ0) is 6.85. The van der Waals surface area contributed by atoms with Gasteiger partial charge in [0.05, 0.1) is 13.1 Å². The van der Waals surface area contributed by atoms with Crippen molar-refractivity contribution < 1.29 is 9.69 Å². The van der Waals surface area contributed by atoms with Gasteiger partial charge in [-0.2, -0.15) is 7.05 Å². The Morgan fingerprint density at radius 2 is 2.44 bits per heavy atom. The lowest BCUT2D eigenvalue weighted by molar-refractivity contribution is -0.848. The van der Waals surface area contributed by atoms with E-state index in [-0.39, 0.29) is 5.91 Å². The Bertz CT molecular complexity index is 124. The van der Waals surface area contributed by atoms with E-state index in [1.54, 1.807) is 4.90 Å². The van der Waals surface area contributed by atoms with Crippen molar-refractivity contribution in [3.8, 4) is 0 Å². The molecule has 0 aromatic carbocycles. The SMILES string of the molecule is [CH2-][NH+]1CCN(C)C(=O)C1. The van der Waals surface area contributed by atoms with Gasteiger partial charge in [0, 0.05) is 7.05 Å². The standard InChI is InChI=1S/C6H12N2O/c1-7-3-4-8(2)6(9)5-7/h7H,1,3-5H2,2H3. The van der Waals surface area contributed by atoms with E-state index in [1.165, 1.54) is 0 Å². The molecule has 0 radical (unpaired) electrons. The molecule has 1 fully saturated rings. The van der Waals surface area contributed by atoms with Gasteiger partial charge in [-0.05, 0) is 0 Å². The van der Waals surface area contributed by atoms with Crippen molar-refractivity contribution in [2.24, 2.45) is 0 Å². The second kappa shape index (κ2) is 2.35. The number of hydrogen-bond donors (Lipinski definition) is 1. The highest BCUT2D eigenvalue weighted by molar-refractivity contribution is 5.77. The average Bonchev–Trinajstić information content (AvgIpc) is 1.80. The van der Waals surface area contributed by atoms with Crippen LogP contribution in [0.3, 0.4) is 0 Å². The molecule has 1 aliphatic rings. The molecule has 1 amide bonds. The van der Waals surface area contributed by atoms with Gasteiger partial charge in [-0.3, -0.25) is 4.79 Å². The van der Waals surface area contributed by atoms with Crippen LogP contribution >= 0.6 is 0 Å². The summed E-state index contributed by atoms with van der Waals surface area (Å²) < 4.78 is 0. The third-order valence-electron chi connectivity index (χ3n) is 1.63. The smallest absolute Gasteiger partial charge is 0.275 e. The van der Waals surface area contributed by atoms with Crippen molar-refractivity contribution in [1.29, 1.82) is 0 Å². The number of carbonyl (C=O) groups is 1. The van der Waals surface area contributed by atoms with Crippen molar-refractivity contribution in [2.75, 3.05) is 26.7 Å². The lowest BCUT2D eigenvalue weighted by atomic mass is 10.3. The van der Waals surface area contributed by atoms with Crippen LogP contribution in [-0.2, 0) is 4.79 Å². The molecule has 0 aromatic heterocycles. The number of amides is 1. The van der Waals surface area contributed by atoms with Crippen LogP contribution < -0.4 is 4.90 Å². The minimum Gasteiger partial charge on any atom is -0.459 e. The van der Waals surface area contributed by atoms with Crippen LogP contribution in [0, 0.1) is 7.05 Å². The van der Waals surface area contributed by atoms with Crippen LogP contribution in [0.25, 0.3) is 0 Å². The molecule has 3 heteroatoms. The molecule has 0 saturated carbocycles. The molecule has 3 nitrogen and oxygen atoms in total. The second-order valence-corrected chi connectivity index (χ2v) is 2.49. The van der Waals surface area contributed by atoms with Gasteiger partial charge in [0.25, 0.3) is 5.91 Å². The van der Waals surface area contributed by atoms with Crippen molar-refractivity contribution in [3.05, 3.63) is 7.05 Å². The molecule has 1 unspecified atom stereocenters. The van der Waals surface area contributed by atoms with Crippen LogP contribution in [0.4, 0.5) is 0 Å². The molecule has 0 spiro atoms. The summed E-state index contributed by atoms with van der Waals surface area (Å²) >= 11 is 0. The highest BCUT2D eigenvalue weighted by Gasteiger charge is 2.17. The summed E-state index contributed by atoms with van der Waals surface area (Å²) in [6.07, 6.45) is 0. The Morgan fingerprint density at radius 3 is 2.89 bits per heavy atom. The Morgan fingerprint density at radius 1 is 1.78 bits per heavy atom. The molecule has 0 aromatic rings. The summed E-state index contributed by atoms with van der Waals surface area (Å²) in [6, 6.07) is 0. The number of likely N-dealkylation sites (N-methyl/N-ethyl adjacent to an activating group) is 1. The van der Waals surface area contributed by atoms with Crippen LogP contribution in [0.15, 0.2) is 0 Å². The van der Waals surface area contributed by atoms with Gasteiger partial charge in [0.15, 0.2) is 0 Å². The molecule has 0 bridgehead atoms. The van der Waals surface area contributed by atoms with Crippen molar-refractivity contribution in [3.63, 3.8) is 0 Å². The van der Waals surface area contributed by atoms with Crippen LogP contribution in [0.1, 0.15) is 0 Å². The minimum atomic E-state index is 0.200. The van der Waals surface area contributed by atoms with Crippen molar-refractivity contribution in [2.45, 2.75) is 0 Å². The third kappa shape index (κ3) is 1.42. The van der Waals surface area contributed by atoms with Gasteiger partial charge < -0.3 is 9.80 Å². The lowest BCUT2D eigenvalue weighted by Crippen LogP contribution is -3.10. The Hall–Kier alpha value is -0.570. The monoisotopic (exact) mass is 128 g/mol. The van der Waals surface area contributed by atoms with Gasteiger partial charge in [0.2, 0.25) is 0 Å². The van der Waals surface area contributed by atoms with Gasteiger partial charge in [-0.25, -0.2) is 0 Å². The topological polar surface area (TPSA) is 24.8 Å². The summed E-state index contributed by atoms with van der Waals surface area (Å²) in [5.41, 5.74) is 0. The fourth-order valence-corrected chi connectivity index (χ4v) is 0.888. The van der Waals surface area contributed by atoms with Crippen LogP contribution in [0.5, 0.6) is 0 Å². The average molecular weight is 128 g/mol. The number of rotatable bonds is 0. The number of nitrogens with one attached hydrogen (secondary N) is 1. The summed E-state index contributed by atoms with van der Waals surface area (Å²) in [4.78, 5) is 13.7. The van der Waals surface area contributed by atoms with Gasteiger partial charge in [0.1, 0.15) is 6.54 Å². The number of carbonyl (C=O) groups excluding carboxylic acids is 1. The largest absolute Gasteiger partial charge is 0.459 e. The fourth-order valence-electron chi connectivity index (χ4n) is 0.888. The predicted molar refractivity (Wildman–Crippen MR) is 33.7 cm³/mol. The first-order chi connectivity index (χ1) is 4.20. The van der Waals surface area contributed by atoms with Gasteiger partial charge in [-0.1, -0.05) is 0 Å². The third-order valence-corrected chi connectivity index (χ3v) is 1.63. The predicted octanol–water partition coefficient (Wildman–Crippen LogP) is -1.87. The lowest BCUT2D eigenvalue weighted by Gasteiger charge is -2.30. The highest BCUT2D eigenvalue weighted by Crippen LogP contribution is 1.83. The summed E-state index contributed by atoms with van der Waals surface area (Å²) in [5.74, 6) is 0.200. The molecule has 1 rings (SSSR count). The molecular weight excluding hydrogens is 116 g/mol. The van der Waals surface area contributed by atoms with Crippen LogP contribution in [-0.4, -0.2) is 37.5 Å². The maximum absolute atomic E-state index is 10.9. The summed E-state index contributed by atoms with van der Waals surface area (Å²) in [7, 11) is 5.58. The first-order valence-electron chi connectivity index (χ1n) is 3.11. The number of hydrogen-bond acceptors (Lipinski definition) is 1. The zero-order valence-electron chi connectivity index (χ0n) is 5.68. The molecule has 9 heavy (non-hydrogen) atoms. The molecule has 52 valence electrons. The number of piperazine rings is 1. The first-order valence-corrected chi connectivity index (χ1v) is 3.11. The molecule has 0 aliphatic carbocycles. The van der Waals surface area contributed by atoms with Crippen LogP contribution in [0.2, 0.25) is 0 Å². The van der Waals surface area contributed by atoms with E-state index in [0.29, 0.717) is 6.54 Å². The maximum atomic E-state index is 10.9. The maximum Gasteiger partial charge on any atom is 0.275 e. The van der Waals surface area contributed by atoms with E-state index in [4.69, 9.17) is 0 Å². The first kappa shape index (κ1) is 6.55. The molecule has 1 aliphatic heterocycles. The molecule has 1 N–H and O–H groups in total. The molecular formula is C6H12N2O. The number of nitrogens with zero attached hydrogens (tertiary/aromatic N) is 1. The zero-order valence-corrected chi connectivity index (χ0v) is 5.68. The van der Waals surface area contributed by atoms with E-state index in [9.17, 15) is 4.79 Å². The Balaban J connectivity index is 2.44. The molecule has 1 saturated heterocycles. The minimum absolute atomic E-state index is 0.200. The van der Waals surface area contributed by atoms with E-state index < -0.39 is 0 Å². The molecule has 1 heterocycles. The summed E-state index contributed by atoms with van der Waals surface area (Å²) in [6.45, 7) is 2.37. The Labute approximate surface area is 55.2 Å². The molecule has 1 atom stereocenters. The highest BCUT2D eigenvalue weighted by atomic mass is 16.2. The van der Waals surface area contributed by atoms with E-state index in [1.807, 2.05) is 7.05 Å². The van der Waals surface area contributed by atoms with Crippen molar-refractivity contribution in [1.82, 2.24) is 4.90 Å². The quantitative estimate of drug-likeness (QED) is 0.380. The fraction of sp³-hybridized carbons (Fsp3) is 0.667. The van der Waals surface area contributed by atoms with E-state index in [0.717, 1.165) is 18.0 Å². The van der Waals surface area contributed by atoms with E-state index >= 15 is 0 Å². The van der Waals surface area contributed by atoms with E-state index in [2.05, 4.69) is 7.05 Å². The number of quaternary nitrogens is 1. The van der Waals surface area contributed by atoms with Gasteiger partial charge in [-0.15, -0.1) is 0 Å². The Kier molecular flexibility index (Phi) is 1.71. The van der Waals surface area contributed by atoms with Gasteiger partial charge >= 0.3 is 0 Å².